The van der Waals surface area contributed by atoms with E-state index in [0.29, 0.717) is 11.8 Å². The van der Waals surface area contributed by atoms with Crippen molar-refractivity contribution in [2.45, 2.75) is 26.2 Å². The van der Waals surface area contributed by atoms with Crippen LogP contribution in [0.1, 0.15) is 23.6 Å². The highest BCUT2D eigenvalue weighted by atomic mass is 79.9. The highest BCUT2D eigenvalue weighted by Crippen LogP contribution is 2.19. The van der Waals surface area contributed by atoms with Gasteiger partial charge in [0.1, 0.15) is 0 Å². The summed E-state index contributed by atoms with van der Waals surface area (Å²) < 4.78 is 1.12. The second kappa shape index (κ2) is 7.85. The first-order valence-electron chi connectivity index (χ1n) is 7.09. The van der Waals surface area contributed by atoms with Crippen molar-refractivity contribution in [3.63, 3.8) is 0 Å². The van der Waals surface area contributed by atoms with Gasteiger partial charge in [0.05, 0.1) is 0 Å². The molecule has 0 heterocycles. The van der Waals surface area contributed by atoms with Gasteiger partial charge in [-0.05, 0) is 54.0 Å². The molecule has 0 amide bonds. The maximum Gasteiger partial charge on any atom is 0.0258 e. The summed E-state index contributed by atoms with van der Waals surface area (Å²) in [5, 5.41) is 0. The minimum absolute atomic E-state index is 0.491. The van der Waals surface area contributed by atoms with Crippen molar-refractivity contribution in [3.05, 3.63) is 69.7 Å². The zero-order valence-electron chi connectivity index (χ0n) is 11.8. The Labute approximate surface area is 135 Å². The van der Waals surface area contributed by atoms with Crippen LogP contribution in [0.5, 0.6) is 0 Å². The number of halogens is 2. The van der Waals surface area contributed by atoms with Crippen molar-refractivity contribution in [1.82, 2.24) is 0 Å². The van der Waals surface area contributed by atoms with E-state index in [9.17, 15) is 0 Å². The average Bonchev–Trinajstić information content (AvgIpc) is 2.49. The summed E-state index contributed by atoms with van der Waals surface area (Å²) in [7, 11) is 0. The van der Waals surface area contributed by atoms with Crippen molar-refractivity contribution < 1.29 is 0 Å². The van der Waals surface area contributed by atoms with E-state index >= 15 is 0 Å². The molecule has 0 spiro atoms. The molecule has 2 heteroatoms. The van der Waals surface area contributed by atoms with Crippen LogP contribution < -0.4 is 0 Å². The molecule has 2 rings (SSSR count). The first-order valence-corrected chi connectivity index (χ1v) is 8.42. The fraction of sp³-hybridized carbons (Fsp3) is 0.333. The van der Waals surface area contributed by atoms with Gasteiger partial charge in [-0.25, -0.2) is 0 Å². The zero-order chi connectivity index (χ0) is 14.4. The molecule has 0 aliphatic heterocycles. The van der Waals surface area contributed by atoms with Crippen LogP contribution in [-0.4, -0.2) is 5.88 Å². The Morgan fingerprint density at radius 1 is 0.850 bits per heavy atom. The molecular formula is C18H20BrCl. The van der Waals surface area contributed by atoms with E-state index in [-0.39, 0.29) is 0 Å². The van der Waals surface area contributed by atoms with Gasteiger partial charge in [-0.2, -0.15) is 0 Å². The third-order valence-corrected chi connectivity index (χ3v) is 4.58. The summed E-state index contributed by atoms with van der Waals surface area (Å²) in [4.78, 5) is 0. The molecule has 20 heavy (non-hydrogen) atoms. The summed E-state index contributed by atoms with van der Waals surface area (Å²) >= 11 is 9.62. The lowest BCUT2D eigenvalue weighted by atomic mass is 9.93. The highest BCUT2D eigenvalue weighted by molar-refractivity contribution is 9.10. The number of benzene rings is 2. The quantitative estimate of drug-likeness (QED) is 0.590. The molecule has 0 saturated heterocycles. The second-order valence-corrected chi connectivity index (χ2v) is 6.45. The van der Waals surface area contributed by atoms with E-state index in [1.165, 1.54) is 16.7 Å². The molecule has 0 radical (unpaired) electrons. The van der Waals surface area contributed by atoms with Crippen LogP contribution in [0.15, 0.2) is 53.0 Å². The smallest absolute Gasteiger partial charge is 0.0258 e. The molecule has 2 aromatic carbocycles. The maximum atomic E-state index is 6.15. The number of aryl methyl sites for hydroxylation is 1. The van der Waals surface area contributed by atoms with Gasteiger partial charge in [-0.15, -0.1) is 11.6 Å². The molecule has 0 aliphatic carbocycles. The lowest BCUT2D eigenvalue weighted by molar-refractivity contribution is 0.584. The summed E-state index contributed by atoms with van der Waals surface area (Å²) in [5.74, 6) is 1.19. The molecule has 0 aliphatic rings. The molecule has 1 atom stereocenters. The van der Waals surface area contributed by atoms with Gasteiger partial charge in [0.25, 0.3) is 0 Å². The summed E-state index contributed by atoms with van der Waals surface area (Å²) in [6.45, 7) is 2.18. The first kappa shape index (κ1) is 15.6. The Bertz CT molecular complexity index is 516. The lowest BCUT2D eigenvalue weighted by Crippen LogP contribution is -2.10. The monoisotopic (exact) mass is 350 g/mol. The van der Waals surface area contributed by atoms with Crippen LogP contribution in [0.3, 0.4) is 0 Å². The fourth-order valence-electron chi connectivity index (χ4n) is 2.38. The largest absolute Gasteiger partial charge is 0.126 e. The molecule has 106 valence electrons. The van der Waals surface area contributed by atoms with Gasteiger partial charge in [-0.1, -0.05) is 59.3 Å². The first-order chi connectivity index (χ1) is 9.71. The number of hydrogen-bond acceptors (Lipinski definition) is 0. The molecule has 0 aromatic heterocycles. The van der Waals surface area contributed by atoms with Crippen molar-refractivity contribution >= 4 is 27.5 Å². The van der Waals surface area contributed by atoms with Crippen LogP contribution in [0, 0.1) is 5.92 Å². The van der Waals surface area contributed by atoms with E-state index in [1.54, 1.807) is 0 Å². The van der Waals surface area contributed by atoms with Gasteiger partial charge in [0.2, 0.25) is 0 Å². The second-order valence-electron chi connectivity index (χ2n) is 5.23. The number of rotatable bonds is 6. The SMILES string of the molecule is CCc1ccc(CC(CCl)Cc2ccc(Br)cc2)cc1. The summed E-state index contributed by atoms with van der Waals surface area (Å²) in [6.07, 6.45) is 3.17. The minimum Gasteiger partial charge on any atom is -0.126 e. The predicted octanol–water partition coefficient (Wildman–Crippen LogP) is 5.65. The lowest BCUT2D eigenvalue weighted by Gasteiger charge is -2.14. The predicted molar refractivity (Wildman–Crippen MR) is 91.6 cm³/mol. The van der Waals surface area contributed by atoms with E-state index in [2.05, 4.69) is 71.4 Å². The van der Waals surface area contributed by atoms with E-state index < -0.39 is 0 Å². The number of hydrogen-bond donors (Lipinski definition) is 0. The van der Waals surface area contributed by atoms with Gasteiger partial charge in [-0.3, -0.25) is 0 Å². The molecule has 2 aromatic rings. The molecular weight excluding hydrogens is 332 g/mol. The van der Waals surface area contributed by atoms with Crippen LogP contribution >= 0.6 is 27.5 Å². The Kier molecular flexibility index (Phi) is 6.12. The van der Waals surface area contributed by atoms with E-state index in [0.717, 1.165) is 23.7 Å². The Hall–Kier alpha value is -0.790. The molecule has 0 fully saturated rings. The molecule has 0 bridgehead atoms. The Morgan fingerprint density at radius 2 is 1.30 bits per heavy atom. The van der Waals surface area contributed by atoms with Crippen molar-refractivity contribution in [3.8, 4) is 0 Å². The fourth-order valence-corrected chi connectivity index (χ4v) is 2.86. The van der Waals surface area contributed by atoms with Crippen LogP contribution in [0.25, 0.3) is 0 Å². The van der Waals surface area contributed by atoms with Gasteiger partial charge in [0, 0.05) is 10.4 Å². The zero-order valence-corrected chi connectivity index (χ0v) is 14.1. The van der Waals surface area contributed by atoms with Crippen LogP contribution in [-0.2, 0) is 19.3 Å². The normalized spacial score (nSPS) is 12.3. The third-order valence-electron chi connectivity index (χ3n) is 3.61. The van der Waals surface area contributed by atoms with Crippen LogP contribution in [0.2, 0.25) is 0 Å². The van der Waals surface area contributed by atoms with Gasteiger partial charge in [0.15, 0.2) is 0 Å². The van der Waals surface area contributed by atoms with Crippen molar-refractivity contribution in [1.29, 1.82) is 0 Å². The standard InChI is InChI=1S/C18H20BrCl/c1-2-14-3-5-15(6-4-14)11-17(13-20)12-16-7-9-18(19)10-8-16/h3-10,17H,2,11-13H2,1H3. The van der Waals surface area contributed by atoms with Crippen molar-refractivity contribution in [2.24, 2.45) is 5.92 Å². The van der Waals surface area contributed by atoms with Crippen LogP contribution in [0.4, 0.5) is 0 Å². The number of alkyl halides is 1. The third kappa shape index (κ3) is 4.64. The Balaban J connectivity index is 1.99. The molecule has 1 unspecified atom stereocenters. The highest BCUT2D eigenvalue weighted by Gasteiger charge is 2.10. The maximum absolute atomic E-state index is 6.15. The van der Waals surface area contributed by atoms with E-state index in [4.69, 9.17) is 11.6 Å². The van der Waals surface area contributed by atoms with Crippen molar-refractivity contribution in [2.75, 3.05) is 5.88 Å². The van der Waals surface area contributed by atoms with Gasteiger partial charge < -0.3 is 0 Å². The molecule has 0 saturated carbocycles. The molecule has 0 N–H and O–H groups in total. The average molecular weight is 352 g/mol. The summed E-state index contributed by atoms with van der Waals surface area (Å²) in [5.41, 5.74) is 4.12. The minimum atomic E-state index is 0.491. The molecule has 0 nitrogen and oxygen atoms in total. The van der Waals surface area contributed by atoms with Gasteiger partial charge >= 0.3 is 0 Å². The topological polar surface area (TPSA) is 0 Å². The summed E-state index contributed by atoms with van der Waals surface area (Å²) in [6, 6.07) is 17.4. The Morgan fingerprint density at radius 3 is 1.75 bits per heavy atom. The van der Waals surface area contributed by atoms with E-state index in [1.807, 2.05) is 0 Å².